The Morgan fingerprint density at radius 3 is 2.67 bits per heavy atom. The van der Waals surface area contributed by atoms with Crippen molar-refractivity contribution < 1.29 is 4.74 Å². The highest BCUT2D eigenvalue weighted by Crippen LogP contribution is 2.33. The van der Waals surface area contributed by atoms with Crippen LogP contribution in [0.25, 0.3) is 0 Å². The molecule has 2 aromatic carbocycles. The molecule has 5 heteroatoms. The molecular weight excluding hydrogens is 373 g/mol. The average Bonchev–Trinajstić information content (AvgIpc) is 2.45. The van der Waals surface area contributed by atoms with Gasteiger partial charge in [0.05, 0.1) is 5.02 Å². The summed E-state index contributed by atoms with van der Waals surface area (Å²) in [6, 6.07) is 11.0. The molecule has 0 atom stereocenters. The zero-order chi connectivity index (χ0) is 15.2. The Labute approximate surface area is 143 Å². The second kappa shape index (κ2) is 8.04. The summed E-state index contributed by atoms with van der Waals surface area (Å²) in [6.07, 6.45) is 1.12. The minimum atomic E-state index is 0.532. The van der Waals surface area contributed by atoms with E-state index in [0.29, 0.717) is 21.5 Å². The molecule has 0 amide bonds. The summed E-state index contributed by atoms with van der Waals surface area (Å²) in [5.74, 6) is 1.26. The molecule has 0 saturated carbocycles. The van der Waals surface area contributed by atoms with Gasteiger partial charge >= 0.3 is 0 Å². The zero-order valence-electron chi connectivity index (χ0n) is 11.6. The molecule has 112 valence electrons. The Hall–Kier alpha value is -0.740. The minimum absolute atomic E-state index is 0.532. The third-order valence-corrected chi connectivity index (χ3v) is 4.17. The SMILES string of the molecule is CCCNCc1ccc(Oc2cc(Cl)ccc2Cl)cc1Br. The van der Waals surface area contributed by atoms with Crippen molar-refractivity contribution in [1.29, 1.82) is 0 Å². The van der Waals surface area contributed by atoms with Crippen molar-refractivity contribution in [3.05, 3.63) is 56.5 Å². The van der Waals surface area contributed by atoms with Crippen LogP contribution in [0.1, 0.15) is 18.9 Å². The van der Waals surface area contributed by atoms with E-state index in [-0.39, 0.29) is 0 Å². The first-order valence-corrected chi connectivity index (χ1v) is 8.27. The topological polar surface area (TPSA) is 21.3 Å². The maximum Gasteiger partial charge on any atom is 0.147 e. The first kappa shape index (κ1) is 16.6. The lowest BCUT2D eigenvalue weighted by Crippen LogP contribution is -2.14. The van der Waals surface area contributed by atoms with Gasteiger partial charge in [-0.25, -0.2) is 0 Å². The summed E-state index contributed by atoms with van der Waals surface area (Å²) in [5.41, 5.74) is 1.19. The van der Waals surface area contributed by atoms with Crippen LogP contribution >= 0.6 is 39.1 Å². The van der Waals surface area contributed by atoms with Gasteiger partial charge in [-0.05, 0) is 42.8 Å². The number of hydrogen-bond donors (Lipinski definition) is 1. The molecule has 0 unspecified atom stereocenters. The highest BCUT2D eigenvalue weighted by molar-refractivity contribution is 9.10. The summed E-state index contributed by atoms with van der Waals surface area (Å²) < 4.78 is 6.79. The van der Waals surface area contributed by atoms with E-state index in [1.165, 1.54) is 5.56 Å². The Bertz CT molecular complexity index is 619. The molecule has 2 nitrogen and oxygen atoms in total. The van der Waals surface area contributed by atoms with E-state index < -0.39 is 0 Å². The predicted molar refractivity (Wildman–Crippen MR) is 92.7 cm³/mol. The van der Waals surface area contributed by atoms with E-state index >= 15 is 0 Å². The molecule has 1 N–H and O–H groups in total. The van der Waals surface area contributed by atoms with E-state index in [0.717, 1.165) is 24.0 Å². The molecule has 2 rings (SSSR count). The van der Waals surface area contributed by atoms with E-state index in [4.69, 9.17) is 27.9 Å². The number of halogens is 3. The van der Waals surface area contributed by atoms with Crippen LogP contribution in [0.3, 0.4) is 0 Å². The predicted octanol–water partition coefficient (Wildman–Crippen LogP) is 6.05. The van der Waals surface area contributed by atoms with Crippen LogP contribution in [-0.4, -0.2) is 6.54 Å². The third-order valence-electron chi connectivity index (χ3n) is 2.89. The standard InChI is InChI=1S/C16H16BrCl2NO/c1-2-7-20-10-11-3-5-13(9-14(11)17)21-16-8-12(18)4-6-15(16)19/h3-6,8-9,20H,2,7,10H2,1H3. The summed E-state index contributed by atoms with van der Waals surface area (Å²) in [7, 11) is 0. The quantitative estimate of drug-likeness (QED) is 0.608. The zero-order valence-corrected chi connectivity index (χ0v) is 14.7. The molecule has 0 bridgehead atoms. The summed E-state index contributed by atoms with van der Waals surface area (Å²) in [6.45, 7) is 3.98. The van der Waals surface area contributed by atoms with Crippen molar-refractivity contribution >= 4 is 39.1 Å². The largest absolute Gasteiger partial charge is 0.456 e. The monoisotopic (exact) mass is 387 g/mol. The van der Waals surface area contributed by atoms with Gasteiger partial charge in [-0.1, -0.05) is 52.1 Å². The summed E-state index contributed by atoms with van der Waals surface area (Å²) in [5, 5.41) is 4.49. The molecule has 21 heavy (non-hydrogen) atoms. The fraction of sp³-hybridized carbons (Fsp3) is 0.250. The Balaban J connectivity index is 2.11. The maximum absolute atomic E-state index is 6.10. The fourth-order valence-electron chi connectivity index (χ4n) is 1.82. The fourth-order valence-corrected chi connectivity index (χ4v) is 2.63. The smallest absolute Gasteiger partial charge is 0.147 e. The van der Waals surface area contributed by atoms with Gasteiger partial charge < -0.3 is 10.1 Å². The van der Waals surface area contributed by atoms with Gasteiger partial charge in [-0.2, -0.15) is 0 Å². The number of nitrogens with one attached hydrogen (secondary N) is 1. The van der Waals surface area contributed by atoms with Gasteiger partial charge in [-0.15, -0.1) is 0 Å². The van der Waals surface area contributed by atoms with Crippen LogP contribution in [0.15, 0.2) is 40.9 Å². The van der Waals surface area contributed by atoms with Gasteiger partial charge in [-0.3, -0.25) is 0 Å². The first-order valence-electron chi connectivity index (χ1n) is 6.72. The van der Waals surface area contributed by atoms with Crippen molar-refractivity contribution in [2.24, 2.45) is 0 Å². The first-order chi connectivity index (χ1) is 10.1. The molecule has 0 heterocycles. The Morgan fingerprint density at radius 1 is 1.14 bits per heavy atom. The molecule has 0 fully saturated rings. The van der Waals surface area contributed by atoms with Crippen LogP contribution in [0.4, 0.5) is 0 Å². The van der Waals surface area contributed by atoms with E-state index in [2.05, 4.69) is 28.2 Å². The normalized spacial score (nSPS) is 10.7. The van der Waals surface area contributed by atoms with Crippen molar-refractivity contribution in [3.8, 4) is 11.5 Å². The molecular formula is C16H16BrCl2NO. The van der Waals surface area contributed by atoms with Gasteiger partial charge in [0.2, 0.25) is 0 Å². The van der Waals surface area contributed by atoms with Gasteiger partial charge in [0.1, 0.15) is 11.5 Å². The molecule has 0 aliphatic rings. The second-order valence-corrected chi connectivity index (χ2v) is 6.30. The van der Waals surface area contributed by atoms with Crippen molar-refractivity contribution in [2.75, 3.05) is 6.54 Å². The number of ether oxygens (including phenoxy) is 1. The molecule has 0 saturated heterocycles. The van der Waals surface area contributed by atoms with E-state index in [9.17, 15) is 0 Å². The second-order valence-electron chi connectivity index (χ2n) is 4.61. The van der Waals surface area contributed by atoms with Gasteiger partial charge in [0, 0.05) is 22.1 Å². The maximum atomic E-state index is 6.10. The molecule has 0 aliphatic heterocycles. The van der Waals surface area contributed by atoms with Crippen LogP contribution in [0.5, 0.6) is 11.5 Å². The average molecular weight is 389 g/mol. The van der Waals surface area contributed by atoms with Crippen molar-refractivity contribution in [2.45, 2.75) is 19.9 Å². The number of benzene rings is 2. The third kappa shape index (κ3) is 4.89. The van der Waals surface area contributed by atoms with Gasteiger partial charge in [0.15, 0.2) is 0 Å². The van der Waals surface area contributed by atoms with E-state index in [1.54, 1.807) is 18.2 Å². The lowest BCUT2D eigenvalue weighted by Gasteiger charge is -2.11. The van der Waals surface area contributed by atoms with Crippen molar-refractivity contribution in [1.82, 2.24) is 5.32 Å². The molecule has 0 radical (unpaired) electrons. The lowest BCUT2D eigenvalue weighted by atomic mass is 10.2. The summed E-state index contributed by atoms with van der Waals surface area (Å²) in [4.78, 5) is 0. The van der Waals surface area contributed by atoms with Crippen LogP contribution in [0, 0.1) is 0 Å². The highest BCUT2D eigenvalue weighted by atomic mass is 79.9. The Kier molecular flexibility index (Phi) is 6.37. The van der Waals surface area contributed by atoms with Gasteiger partial charge in [0.25, 0.3) is 0 Å². The van der Waals surface area contributed by atoms with Crippen LogP contribution < -0.4 is 10.1 Å². The molecule has 2 aromatic rings. The molecule has 0 spiro atoms. The number of rotatable bonds is 6. The Morgan fingerprint density at radius 2 is 1.95 bits per heavy atom. The lowest BCUT2D eigenvalue weighted by molar-refractivity contribution is 0.482. The van der Waals surface area contributed by atoms with Crippen LogP contribution in [-0.2, 0) is 6.54 Å². The molecule has 0 aliphatic carbocycles. The minimum Gasteiger partial charge on any atom is -0.456 e. The highest BCUT2D eigenvalue weighted by Gasteiger charge is 2.07. The number of hydrogen-bond acceptors (Lipinski definition) is 2. The summed E-state index contributed by atoms with van der Waals surface area (Å²) >= 11 is 15.6. The van der Waals surface area contributed by atoms with Crippen LogP contribution in [0.2, 0.25) is 10.0 Å². The molecule has 0 aromatic heterocycles. The van der Waals surface area contributed by atoms with E-state index in [1.807, 2.05) is 18.2 Å². The van der Waals surface area contributed by atoms with Crippen molar-refractivity contribution in [3.63, 3.8) is 0 Å².